The maximum atomic E-state index is 10.8. The molecule has 0 aliphatic heterocycles. The lowest BCUT2D eigenvalue weighted by Gasteiger charge is -2.08. The van der Waals surface area contributed by atoms with Crippen molar-refractivity contribution in [2.45, 2.75) is 13.0 Å². The molecule has 1 atom stereocenters. The lowest BCUT2D eigenvalue weighted by Crippen LogP contribution is -2.32. The van der Waals surface area contributed by atoms with Crippen molar-refractivity contribution in [2.24, 2.45) is 7.05 Å². The number of nitrogens with one attached hydrogen (secondary N) is 1. The maximum absolute atomic E-state index is 10.8. The van der Waals surface area contributed by atoms with Gasteiger partial charge in [-0.1, -0.05) is 5.21 Å². The first-order chi connectivity index (χ1) is 6.50. The van der Waals surface area contributed by atoms with E-state index in [1.807, 2.05) is 0 Å². The Bertz CT molecular complexity index is 360. The topological polar surface area (TPSA) is 97.1 Å². The molecule has 0 aliphatic carbocycles. The summed E-state index contributed by atoms with van der Waals surface area (Å²) in [6, 6.07) is -1.14. The first kappa shape index (κ1) is 10.2. The lowest BCUT2D eigenvalue weighted by atomic mass is 10.2. The molecule has 14 heavy (non-hydrogen) atoms. The van der Waals surface area contributed by atoms with Gasteiger partial charge in [0.2, 0.25) is 5.91 Å². The summed E-state index contributed by atoms with van der Waals surface area (Å²) in [6.45, 7) is 1.24. The Labute approximate surface area is 79.7 Å². The molecule has 0 aromatic carbocycles. The van der Waals surface area contributed by atoms with Gasteiger partial charge in [0.25, 0.3) is 0 Å². The molecule has 0 saturated carbocycles. The van der Waals surface area contributed by atoms with Gasteiger partial charge in [0.15, 0.2) is 6.04 Å². The average molecular weight is 198 g/mol. The Balaban J connectivity index is 2.88. The van der Waals surface area contributed by atoms with E-state index >= 15 is 0 Å². The number of carboxylic acids is 1. The average Bonchev–Trinajstić information content (AvgIpc) is 2.46. The number of aryl methyl sites for hydroxylation is 1. The standard InChI is InChI=1S/C7H10N4O3/c1-4(12)8-6(7(13)14)5-3-11(2)10-9-5/h3,6H,1-2H3,(H,8,12)(H,13,14). The third kappa shape index (κ3) is 2.28. The number of aromatic nitrogens is 3. The van der Waals surface area contributed by atoms with Crippen LogP contribution in [0.4, 0.5) is 0 Å². The van der Waals surface area contributed by atoms with Gasteiger partial charge in [-0.3, -0.25) is 9.48 Å². The van der Waals surface area contributed by atoms with Crippen molar-refractivity contribution in [1.29, 1.82) is 0 Å². The molecule has 7 nitrogen and oxygen atoms in total. The van der Waals surface area contributed by atoms with Crippen LogP contribution in [-0.2, 0) is 16.6 Å². The highest BCUT2D eigenvalue weighted by atomic mass is 16.4. The van der Waals surface area contributed by atoms with Crippen LogP contribution in [0.5, 0.6) is 0 Å². The highest BCUT2D eigenvalue weighted by Gasteiger charge is 2.23. The van der Waals surface area contributed by atoms with E-state index in [0.717, 1.165) is 0 Å². The fourth-order valence-electron chi connectivity index (χ4n) is 0.963. The molecule has 76 valence electrons. The van der Waals surface area contributed by atoms with Crippen LogP contribution in [0.1, 0.15) is 18.7 Å². The van der Waals surface area contributed by atoms with Gasteiger partial charge in [-0.05, 0) is 0 Å². The minimum absolute atomic E-state index is 0.204. The Kier molecular flexibility index (Phi) is 2.80. The van der Waals surface area contributed by atoms with Crippen LogP contribution in [0.2, 0.25) is 0 Å². The molecule has 1 heterocycles. The SMILES string of the molecule is CC(=O)NC(C(=O)O)c1cn(C)nn1. The van der Waals surface area contributed by atoms with Gasteiger partial charge in [0, 0.05) is 14.0 Å². The number of nitrogens with zero attached hydrogens (tertiary/aromatic N) is 3. The molecule has 0 bridgehead atoms. The molecule has 0 aliphatic rings. The molecule has 1 aromatic heterocycles. The highest BCUT2D eigenvalue weighted by molar-refractivity contribution is 5.82. The largest absolute Gasteiger partial charge is 0.479 e. The molecule has 1 unspecified atom stereocenters. The van der Waals surface area contributed by atoms with E-state index in [1.54, 1.807) is 7.05 Å². The third-order valence-electron chi connectivity index (χ3n) is 1.51. The van der Waals surface area contributed by atoms with E-state index in [9.17, 15) is 9.59 Å². The third-order valence-corrected chi connectivity index (χ3v) is 1.51. The highest BCUT2D eigenvalue weighted by Crippen LogP contribution is 2.08. The van der Waals surface area contributed by atoms with Crippen LogP contribution >= 0.6 is 0 Å². The summed E-state index contributed by atoms with van der Waals surface area (Å²) in [5.41, 5.74) is 0.204. The van der Waals surface area contributed by atoms with E-state index < -0.39 is 17.9 Å². The summed E-state index contributed by atoms with van der Waals surface area (Å²) < 4.78 is 1.37. The predicted octanol–water partition coefficient (Wildman–Crippen LogP) is -0.923. The number of carbonyl (C=O) groups is 2. The van der Waals surface area contributed by atoms with Crippen LogP contribution in [0, 0.1) is 0 Å². The molecule has 7 heteroatoms. The Morgan fingerprint density at radius 3 is 2.64 bits per heavy atom. The molecule has 1 amide bonds. The summed E-state index contributed by atoms with van der Waals surface area (Å²) in [4.78, 5) is 21.5. The summed E-state index contributed by atoms with van der Waals surface area (Å²) >= 11 is 0. The van der Waals surface area contributed by atoms with Gasteiger partial charge < -0.3 is 10.4 Å². The number of carboxylic acid groups (broad SMARTS) is 1. The zero-order valence-corrected chi connectivity index (χ0v) is 7.76. The Morgan fingerprint density at radius 2 is 2.29 bits per heavy atom. The summed E-state index contributed by atoms with van der Waals surface area (Å²) in [5, 5.41) is 18.2. The van der Waals surface area contributed by atoms with E-state index in [4.69, 9.17) is 5.11 Å². The van der Waals surface area contributed by atoms with Crippen molar-refractivity contribution in [1.82, 2.24) is 20.3 Å². The second-order valence-corrected chi connectivity index (χ2v) is 2.79. The second-order valence-electron chi connectivity index (χ2n) is 2.79. The monoisotopic (exact) mass is 198 g/mol. The fourth-order valence-corrected chi connectivity index (χ4v) is 0.963. The van der Waals surface area contributed by atoms with Crippen molar-refractivity contribution in [2.75, 3.05) is 0 Å². The number of rotatable bonds is 3. The number of hydrogen-bond acceptors (Lipinski definition) is 4. The number of aliphatic carboxylic acids is 1. The van der Waals surface area contributed by atoms with E-state index in [-0.39, 0.29) is 5.69 Å². The van der Waals surface area contributed by atoms with Gasteiger partial charge in [-0.2, -0.15) is 0 Å². The van der Waals surface area contributed by atoms with Crippen LogP contribution in [0.3, 0.4) is 0 Å². The molecule has 0 saturated heterocycles. The lowest BCUT2D eigenvalue weighted by molar-refractivity contribution is -0.141. The zero-order valence-electron chi connectivity index (χ0n) is 7.76. The molecule has 0 spiro atoms. The normalized spacial score (nSPS) is 12.1. The zero-order chi connectivity index (χ0) is 10.7. The number of amides is 1. The quantitative estimate of drug-likeness (QED) is 0.654. The second kappa shape index (κ2) is 3.86. The van der Waals surface area contributed by atoms with Gasteiger partial charge in [-0.15, -0.1) is 5.10 Å². The van der Waals surface area contributed by atoms with E-state index in [2.05, 4.69) is 15.6 Å². The molecular formula is C7H10N4O3. The number of carbonyl (C=O) groups excluding carboxylic acids is 1. The first-order valence-electron chi connectivity index (χ1n) is 3.87. The minimum atomic E-state index is -1.17. The summed E-state index contributed by atoms with van der Waals surface area (Å²) in [5.74, 6) is -1.59. The fraction of sp³-hybridized carbons (Fsp3) is 0.429. The molecule has 0 fully saturated rings. The van der Waals surface area contributed by atoms with Crippen molar-refractivity contribution in [3.8, 4) is 0 Å². The van der Waals surface area contributed by atoms with Crippen molar-refractivity contribution < 1.29 is 14.7 Å². The molecular weight excluding hydrogens is 188 g/mol. The molecule has 1 rings (SSSR count). The van der Waals surface area contributed by atoms with Crippen LogP contribution in [0.25, 0.3) is 0 Å². The van der Waals surface area contributed by atoms with Gasteiger partial charge in [0.1, 0.15) is 5.69 Å². The number of hydrogen-bond donors (Lipinski definition) is 2. The van der Waals surface area contributed by atoms with Gasteiger partial charge in [0.05, 0.1) is 6.20 Å². The molecule has 2 N–H and O–H groups in total. The first-order valence-corrected chi connectivity index (χ1v) is 3.87. The summed E-state index contributed by atoms with van der Waals surface area (Å²) in [7, 11) is 1.61. The summed E-state index contributed by atoms with van der Waals surface area (Å²) in [6.07, 6.45) is 1.44. The van der Waals surface area contributed by atoms with E-state index in [0.29, 0.717) is 0 Å². The van der Waals surface area contributed by atoms with Crippen LogP contribution in [-0.4, -0.2) is 32.0 Å². The minimum Gasteiger partial charge on any atom is -0.479 e. The van der Waals surface area contributed by atoms with E-state index in [1.165, 1.54) is 17.8 Å². The Morgan fingerprint density at radius 1 is 1.64 bits per heavy atom. The van der Waals surface area contributed by atoms with Crippen molar-refractivity contribution in [3.63, 3.8) is 0 Å². The Hall–Kier alpha value is -1.92. The van der Waals surface area contributed by atoms with Gasteiger partial charge >= 0.3 is 5.97 Å². The van der Waals surface area contributed by atoms with Crippen LogP contribution in [0.15, 0.2) is 6.20 Å². The smallest absolute Gasteiger partial charge is 0.332 e. The molecule has 0 radical (unpaired) electrons. The van der Waals surface area contributed by atoms with Gasteiger partial charge in [-0.25, -0.2) is 4.79 Å². The van der Waals surface area contributed by atoms with Crippen molar-refractivity contribution in [3.05, 3.63) is 11.9 Å². The maximum Gasteiger partial charge on any atom is 0.332 e. The van der Waals surface area contributed by atoms with Crippen molar-refractivity contribution >= 4 is 11.9 Å². The van der Waals surface area contributed by atoms with Crippen LogP contribution < -0.4 is 5.32 Å². The predicted molar refractivity (Wildman–Crippen MR) is 45.2 cm³/mol. The molecule has 1 aromatic rings.